The maximum atomic E-state index is 6.66. The van der Waals surface area contributed by atoms with Crippen molar-refractivity contribution in [2.24, 2.45) is 0 Å². The molecule has 0 unspecified atom stereocenters. The molecule has 1 aliphatic carbocycles. The van der Waals surface area contributed by atoms with Crippen LogP contribution in [0.2, 0.25) is 0 Å². The van der Waals surface area contributed by atoms with Gasteiger partial charge in [-0.25, -0.2) is 0 Å². The van der Waals surface area contributed by atoms with Crippen LogP contribution in [0.25, 0.3) is 38.6 Å². The second kappa shape index (κ2) is 10.9. The van der Waals surface area contributed by atoms with Gasteiger partial charge in [0.05, 0.1) is 27.8 Å². The zero-order valence-electron chi connectivity index (χ0n) is 30.6. The van der Waals surface area contributed by atoms with E-state index in [2.05, 4.69) is 205 Å². The molecule has 2 aliphatic heterocycles. The fraction of sp³-hybridized carbons (Fsp3) is 0.0769. The Morgan fingerprint density at radius 1 is 0.436 bits per heavy atom. The molecule has 260 valence electrons. The van der Waals surface area contributed by atoms with E-state index >= 15 is 0 Å². The minimum absolute atomic E-state index is 0.239. The molecule has 12 rings (SSSR count). The van der Waals surface area contributed by atoms with E-state index in [1.807, 2.05) is 0 Å². The van der Waals surface area contributed by atoms with Gasteiger partial charge in [0.15, 0.2) is 0 Å². The van der Waals surface area contributed by atoms with E-state index in [4.69, 9.17) is 4.74 Å². The highest BCUT2D eigenvalue weighted by Gasteiger charge is 2.52. The lowest BCUT2D eigenvalue weighted by Gasteiger charge is -2.42. The van der Waals surface area contributed by atoms with Crippen molar-refractivity contribution in [3.8, 4) is 28.3 Å². The first-order valence-electron chi connectivity index (χ1n) is 19.2. The predicted octanol–water partition coefficient (Wildman–Crippen LogP) is 13.4. The molecule has 1 aromatic heterocycles. The van der Waals surface area contributed by atoms with Gasteiger partial charge in [-0.1, -0.05) is 141 Å². The molecule has 0 saturated carbocycles. The molecule has 0 fully saturated rings. The third kappa shape index (κ3) is 3.84. The summed E-state index contributed by atoms with van der Waals surface area (Å²) in [6.07, 6.45) is 0. The van der Waals surface area contributed by atoms with E-state index < -0.39 is 5.41 Å². The van der Waals surface area contributed by atoms with Crippen LogP contribution in [0.1, 0.15) is 47.2 Å². The van der Waals surface area contributed by atoms with Crippen LogP contribution in [-0.2, 0) is 10.8 Å². The highest BCUT2D eigenvalue weighted by Crippen LogP contribution is 2.64. The number of hydrogen-bond acceptors (Lipinski definition) is 2. The molecule has 55 heavy (non-hydrogen) atoms. The molecule has 3 nitrogen and oxygen atoms in total. The molecule has 3 heterocycles. The minimum Gasteiger partial charge on any atom is -0.457 e. The zero-order valence-corrected chi connectivity index (χ0v) is 30.6. The van der Waals surface area contributed by atoms with Crippen LogP contribution in [-0.4, -0.2) is 4.57 Å². The molecule has 8 aromatic carbocycles. The predicted molar refractivity (Wildman–Crippen MR) is 225 cm³/mol. The Morgan fingerprint density at radius 3 is 1.73 bits per heavy atom. The van der Waals surface area contributed by atoms with Crippen molar-refractivity contribution in [2.75, 3.05) is 4.90 Å². The van der Waals surface area contributed by atoms with Crippen molar-refractivity contribution >= 4 is 38.9 Å². The van der Waals surface area contributed by atoms with Crippen molar-refractivity contribution in [3.63, 3.8) is 0 Å². The Labute approximate surface area is 320 Å². The second-order valence-electron chi connectivity index (χ2n) is 15.6. The molecular formula is C52H36N2O. The van der Waals surface area contributed by atoms with Crippen molar-refractivity contribution < 1.29 is 4.74 Å². The summed E-state index contributed by atoms with van der Waals surface area (Å²) in [5.74, 6) is 1.81. The standard InChI is InChI=1S/C52H36N2O/c1-51(2)39-23-11-14-26-44(39)53(33-17-5-3-6-18-33)46-31-37-35-29-30-42-49(50(35)54(45(37)32-43(46)51)34-19-7-4-8-20-34)36-21-9-10-22-38(36)52(42)40-24-12-15-27-47(40)55-48-28-16-13-25-41(48)52/h3-32H,1-2H3. The summed E-state index contributed by atoms with van der Waals surface area (Å²) in [7, 11) is 0. The van der Waals surface area contributed by atoms with E-state index in [9.17, 15) is 0 Å². The Balaban J connectivity index is 1.26. The van der Waals surface area contributed by atoms with Crippen LogP contribution in [0, 0.1) is 0 Å². The number of anilines is 3. The van der Waals surface area contributed by atoms with Gasteiger partial charge in [0.1, 0.15) is 11.5 Å². The number of fused-ring (bicyclic) bond motifs is 15. The molecule has 0 N–H and O–H groups in total. The van der Waals surface area contributed by atoms with Gasteiger partial charge in [0, 0.05) is 44.3 Å². The van der Waals surface area contributed by atoms with Crippen LogP contribution in [0.3, 0.4) is 0 Å². The molecule has 3 aliphatic rings. The monoisotopic (exact) mass is 704 g/mol. The molecule has 0 bridgehead atoms. The number of ether oxygens (including phenoxy) is 1. The Bertz CT molecular complexity index is 3000. The van der Waals surface area contributed by atoms with Gasteiger partial charge in [-0.2, -0.15) is 0 Å². The maximum Gasteiger partial charge on any atom is 0.132 e. The average molecular weight is 705 g/mol. The summed E-state index contributed by atoms with van der Waals surface area (Å²) < 4.78 is 9.20. The topological polar surface area (TPSA) is 17.4 Å². The SMILES string of the molecule is CC1(C)c2ccccc2N(c2ccccc2)c2cc3c4ccc5c(c4n(-c4ccccc4)c3cc21)-c1ccccc1C51c2ccccc2Oc2ccccc21. The quantitative estimate of drug-likeness (QED) is 0.178. The molecule has 0 atom stereocenters. The fourth-order valence-corrected chi connectivity index (χ4v) is 10.3. The first kappa shape index (κ1) is 30.6. The van der Waals surface area contributed by atoms with Crippen molar-refractivity contribution in [1.82, 2.24) is 4.57 Å². The van der Waals surface area contributed by atoms with Crippen LogP contribution in [0.15, 0.2) is 182 Å². The molecule has 0 amide bonds. The lowest BCUT2D eigenvalue weighted by molar-refractivity contribution is 0.436. The number of aromatic nitrogens is 1. The normalized spacial score (nSPS) is 15.1. The Kier molecular flexibility index (Phi) is 6.05. The summed E-state index contributed by atoms with van der Waals surface area (Å²) in [6.45, 7) is 4.76. The second-order valence-corrected chi connectivity index (χ2v) is 15.6. The summed E-state index contributed by atoms with van der Waals surface area (Å²) >= 11 is 0. The largest absolute Gasteiger partial charge is 0.457 e. The lowest BCUT2D eigenvalue weighted by Crippen LogP contribution is -2.32. The average Bonchev–Trinajstić information content (AvgIpc) is 3.72. The van der Waals surface area contributed by atoms with Gasteiger partial charge in [0.25, 0.3) is 0 Å². The van der Waals surface area contributed by atoms with Crippen molar-refractivity contribution in [3.05, 3.63) is 215 Å². The van der Waals surface area contributed by atoms with E-state index in [0.717, 1.165) is 22.9 Å². The van der Waals surface area contributed by atoms with Crippen LogP contribution < -0.4 is 9.64 Å². The highest BCUT2D eigenvalue weighted by molar-refractivity contribution is 6.17. The molecule has 3 heteroatoms. The fourth-order valence-electron chi connectivity index (χ4n) is 10.3. The molecule has 0 saturated heterocycles. The number of hydrogen-bond donors (Lipinski definition) is 0. The van der Waals surface area contributed by atoms with Gasteiger partial charge >= 0.3 is 0 Å². The number of para-hydroxylation sites is 5. The third-order valence-corrected chi connectivity index (χ3v) is 12.6. The first-order valence-corrected chi connectivity index (χ1v) is 19.2. The van der Waals surface area contributed by atoms with Crippen molar-refractivity contribution in [1.29, 1.82) is 0 Å². The highest BCUT2D eigenvalue weighted by atomic mass is 16.5. The lowest BCUT2D eigenvalue weighted by atomic mass is 9.66. The minimum atomic E-state index is -0.545. The van der Waals surface area contributed by atoms with E-state index in [1.165, 1.54) is 77.7 Å². The molecule has 1 spiro atoms. The number of nitrogens with zero attached hydrogens (tertiary/aromatic N) is 2. The van der Waals surface area contributed by atoms with Gasteiger partial charge in [-0.05, 0) is 82.4 Å². The Hall–Kier alpha value is -6.84. The zero-order chi connectivity index (χ0) is 36.5. The van der Waals surface area contributed by atoms with Crippen LogP contribution in [0.4, 0.5) is 17.1 Å². The third-order valence-electron chi connectivity index (χ3n) is 12.6. The van der Waals surface area contributed by atoms with Crippen molar-refractivity contribution in [2.45, 2.75) is 24.7 Å². The van der Waals surface area contributed by atoms with E-state index in [0.29, 0.717) is 0 Å². The summed E-state index contributed by atoms with van der Waals surface area (Å²) in [6, 6.07) is 66.8. The maximum absolute atomic E-state index is 6.66. The smallest absolute Gasteiger partial charge is 0.132 e. The number of benzene rings is 8. The molecule has 9 aromatic rings. The van der Waals surface area contributed by atoms with Gasteiger partial charge in [-0.3, -0.25) is 0 Å². The molecular weight excluding hydrogens is 669 g/mol. The van der Waals surface area contributed by atoms with E-state index in [-0.39, 0.29) is 5.41 Å². The van der Waals surface area contributed by atoms with E-state index in [1.54, 1.807) is 0 Å². The summed E-state index contributed by atoms with van der Waals surface area (Å²) in [5, 5.41) is 2.48. The van der Waals surface area contributed by atoms with Gasteiger partial charge in [-0.15, -0.1) is 0 Å². The van der Waals surface area contributed by atoms with Gasteiger partial charge in [0.2, 0.25) is 0 Å². The van der Waals surface area contributed by atoms with Gasteiger partial charge < -0.3 is 14.2 Å². The summed E-state index contributed by atoms with van der Waals surface area (Å²) in [4.78, 5) is 2.47. The Morgan fingerprint density at radius 2 is 1.02 bits per heavy atom. The number of rotatable bonds is 2. The molecule has 0 radical (unpaired) electrons. The first-order chi connectivity index (χ1) is 27.1. The summed E-state index contributed by atoms with van der Waals surface area (Å²) in [5.41, 5.74) is 16.5. The van der Waals surface area contributed by atoms with Crippen LogP contribution in [0.5, 0.6) is 11.5 Å². The van der Waals surface area contributed by atoms with Crippen LogP contribution >= 0.6 is 0 Å².